The lowest BCUT2D eigenvalue weighted by atomic mass is 9.73. The van der Waals surface area contributed by atoms with Gasteiger partial charge in [-0.3, -0.25) is 0 Å². The van der Waals surface area contributed by atoms with Crippen molar-refractivity contribution in [2.75, 3.05) is 20.1 Å². The third-order valence-corrected chi connectivity index (χ3v) is 6.64. The normalized spacial score (nSPS) is 42.2. The van der Waals surface area contributed by atoms with Gasteiger partial charge in [-0.25, -0.2) is 0 Å². The zero-order valence-corrected chi connectivity index (χ0v) is 13.3. The first-order valence-corrected chi connectivity index (χ1v) is 8.65. The van der Waals surface area contributed by atoms with Crippen LogP contribution in [0, 0.1) is 5.92 Å². The molecule has 0 N–H and O–H groups in total. The third kappa shape index (κ3) is 2.09. The maximum absolute atomic E-state index is 2.61. The largest absolute Gasteiger partial charge is 0.317 e. The minimum absolute atomic E-state index is 0.506. The summed E-state index contributed by atoms with van der Waals surface area (Å²) in [6.45, 7) is 7.81. The standard InChI is InChI=1S/C18H32N/c1-4-5-8-15-13-18(2)17-10-7-6-9-16(17)11-12-19(18,3)14-15/h15H,4-14H2,1-3H3/q+1. The molecule has 1 saturated heterocycles. The topological polar surface area (TPSA) is 0 Å². The number of likely N-dealkylation sites (N-methyl/N-ethyl adjacent to an activating group) is 1. The summed E-state index contributed by atoms with van der Waals surface area (Å²) < 4.78 is 1.36. The Labute approximate surface area is 119 Å². The predicted molar refractivity (Wildman–Crippen MR) is 82.1 cm³/mol. The van der Waals surface area contributed by atoms with Crippen LogP contribution in [0.4, 0.5) is 0 Å². The van der Waals surface area contributed by atoms with Crippen molar-refractivity contribution in [3.63, 3.8) is 0 Å². The second-order valence-corrected chi connectivity index (χ2v) is 7.83. The highest BCUT2D eigenvalue weighted by Crippen LogP contribution is 2.52. The van der Waals surface area contributed by atoms with Gasteiger partial charge in [0.05, 0.1) is 20.1 Å². The molecule has 3 atom stereocenters. The number of rotatable bonds is 3. The Balaban J connectivity index is 1.86. The Morgan fingerprint density at radius 1 is 1.21 bits per heavy atom. The molecule has 0 amide bonds. The molecule has 0 spiro atoms. The quantitative estimate of drug-likeness (QED) is 0.512. The molecule has 3 aliphatic rings. The SMILES string of the molecule is CCCCC1CC2(C)C3=C(CCCC3)CC[N+]2(C)C1. The summed E-state index contributed by atoms with van der Waals surface area (Å²) in [5.74, 6) is 0.990. The van der Waals surface area contributed by atoms with E-state index < -0.39 is 0 Å². The molecular weight excluding hydrogens is 230 g/mol. The molecule has 0 radical (unpaired) electrons. The molecule has 3 rings (SSSR count). The predicted octanol–water partition coefficient (Wildman–Crippen LogP) is 4.68. The summed E-state index contributed by atoms with van der Waals surface area (Å²) in [7, 11) is 2.56. The first kappa shape index (κ1) is 13.7. The van der Waals surface area contributed by atoms with Crippen molar-refractivity contribution in [3.8, 4) is 0 Å². The van der Waals surface area contributed by atoms with Gasteiger partial charge in [0.25, 0.3) is 0 Å². The van der Waals surface area contributed by atoms with Crippen molar-refractivity contribution in [2.45, 2.75) is 77.2 Å². The van der Waals surface area contributed by atoms with Gasteiger partial charge in [-0.05, 0) is 44.6 Å². The van der Waals surface area contributed by atoms with E-state index in [2.05, 4.69) is 20.9 Å². The van der Waals surface area contributed by atoms with Crippen molar-refractivity contribution in [2.24, 2.45) is 5.92 Å². The van der Waals surface area contributed by atoms with Crippen LogP contribution in [0.1, 0.15) is 71.6 Å². The van der Waals surface area contributed by atoms with E-state index in [9.17, 15) is 0 Å². The van der Waals surface area contributed by atoms with E-state index in [1.54, 1.807) is 0 Å². The molecule has 108 valence electrons. The maximum atomic E-state index is 2.61. The Morgan fingerprint density at radius 2 is 2.00 bits per heavy atom. The molecule has 1 nitrogen and oxygen atoms in total. The fraction of sp³-hybridized carbons (Fsp3) is 0.889. The number of hydrogen-bond donors (Lipinski definition) is 0. The molecule has 1 fully saturated rings. The Bertz CT molecular complexity index is 383. The summed E-state index contributed by atoms with van der Waals surface area (Å²) in [6.07, 6.45) is 12.9. The lowest BCUT2D eigenvalue weighted by Crippen LogP contribution is -2.60. The van der Waals surface area contributed by atoms with Gasteiger partial charge < -0.3 is 4.48 Å². The van der Waals surface area contributed by atoms with Crippen LogP contribution < -0.4 is 0 Å². The average Bonchev–Trinajstić information content (AvgIpc) is 2.69. The van der Waals surface area contributed by atoms with Gasteiger partial charge >= 0.3 is 0 Å². The van der Waals surface area contributed by atoms with Crippen molar-refractivity contribution in [1.82, 2.24) is 0 Å². The van der Waals surface area contributed by atoms with E-state index in [4.69, 9.17) is 0 Å². The fourth-order valence-corrected chi connectivity index (χ4v) is 5.37. The number of quaternary nitrogens is 1. The van der Waals surface area contributed by atoms with Gasteiger partial charge in [0.2, 0.25) is 0 Å². The molecule has 0 bridgehead atoms. The average molecular weight is 262 g/mol. The Hall–Kier alpha value is -0.300. The lowest BCUT2D eigenvalue weighted by Gasteiger charge is -2.51. The molecule has 2 aliphatic heterocycles. The summed E-state index contributed by atoms with van der Waals surface area (Å²) in [5, 5.41) is 0. The van der Waals surface area contributed by atoms with E-state index in [1.165, 1.54) is 75.4 Å². The lowest BCUT2D eigenvalue weighted by molar-refractivity contribution is -0.942. The maximum Gasteiger partial charge on any atom is 0.118 e. The van der Waals surface area contributed by atoms with Crippen LogP contribution in [0.5, 0.6) is 0 Å². The van der Waals surface area contributed by atoms with Gasteiger partial charge in [-0.15, -0.1) is 0 Å². The first-order valence-electron chi connectivity index (χ1n) is 8.65. The van der Waals surface area contributed by atoms with E-state index in [1.807, 2.05) is 11.1 Å². The molecule has 0 aromatic rings. The second-order valence-electron chi connectivity index (χ2n) is 7.83. The molecular formula is C18H32N+. The molecule has 2 heterocycles. The van der Waals surface area contributed by atoms with Gasteiger partial charge in [0.15, 0.2) is 0 Å². The van der Waals surface area contributed by atoms with Crippen molar-refractivity contribution < 1.29 is 4.48 Å². The van der Waals surface area contributed by atoms with Gasteiger partial charge in [0.1, 0.15) is 5.54 Å². The third-order valence-electron chi connectivity index (χ3n) is 6.64. The highest BCUT2D eigenvalue weighted by Gasteiger charge is 2.56. The number of unbranched alkanes of at least 4 members (excludes halogenated alkanes) is 1. The molecule has 0 aromatic carbocycles. The van der Waals surface area contributed by atoms with E-state index in [0.29, 0.717) is 5.54 Å². The fourth-order valence-electron chi connectivity index (χ4n) is 5.37. The number of fused-ring (bicyclic) bond motifs is 2. The van der Waals surface area contributed by atoms with Crippen LogP contribution in [0.25, 0.3) is 0 Å². The molecule has 0 saturated carbocycles. The Kier molecular flexibility index (Phi) is 3.53. The summed E-state index contributed by atoms with van der Waals surface area (Å²) >= 11 is 0. The summed E-state index contributed by atoms with van der Waals surface area (Å²) in [4.78, 5) is 0. The molecule has 0 aromatic heterocycles. The summed E-state index contributed by atoms with van der Waals surface area (Å²) in [5.41, 5.74) is 4.29. The van der Waals surface area contributed by atoms with Crippen LogP contribution in [0.15, 0.2) is 11.1 Å². The van der Waals surface area contributed by atoms with Gasteiger partial charge in [-0.2, -0.15) is 0 Å². The smallest absolute Gasteiger partial charge is 0.118 e. The number of hydrogen-bond acceptors (Lipinski definition) is 0. The van der Waals surface area contributed by atoms with E-state index in [0.717, 1.165) is 5.92 Å². The van der Waals surface area contributed by atoms with Crippen molar-refractivity contribution in [3.05, 3.63) is 11.1 Å². The second kappa shape index (κ2) is 4.91. The van der Waals surface area contributed by atoms with Crippen LogP contribution in [-0.2, 0) is 0 Å². The van der Waals surface area contributed by atoms with Crippen molar-refractivity contribution >= 4 is 0 Å². The van der Waals surface area contributed by atoms with Crippen LogP contribution in [0.3, 0.4) is 0 Å². The minimum Gasteiger partial charge on any atom is -0.317 e. The van der Waals surface area contributed by atoms with Crippen LogP contribution in [-0.4, -0.2) is 30.2 Å². The molecule has 3 unspecified atom stereocenters. The highest BCUT2D eigenvalue weighted by atomic mass is 15.4. The first-order chi connectivity index (χ1) is 9.09. The van der Waals surface area contributed by atoms with Gasteiger partial charge in [-0.1, -0.05) is 25.3 Å². The van der Waals surface area contributed by atoms with Gasteiger partial charge in [0, 0.05) is 18.8 Å². The Morgan fingerprint density at radius 3 is 2.79 bits per heavy atom. The van der Waals surface area contributed by atoms with Crippen LogP contribution >= 0.6 is 0 Å². The van der Waals surface area contributed by atoms with E-state index >= 15 is 0 Å². The zero-order valence-electron chi connectivity index (χ0n) is 13.3. The molecule has 1 heteroatoms. The highest BCUT2D eigenvalue weighted by molar-refractivity contribution is 5.29. The number of nitrogens with zero attached hydrogens (tertiary/aromatic N) is 1. The summed E-state index contributed by atoms with van der Waals surface area (Å²) in [6, 6.07) is 0. The molecule has 19 heavy (non-hydrogen) atoms. The molecule has 1 aliphatic carbocycles. The van der Waals surface area contributed by atoms with Crippen LogP contribution in [0.2, 0.25) is 0 Å². The van der Waals surface area contributed by atoms with E-state index in [-0.39, 0.29) is 0 Å². The minimum atomic E-state index is 0.506. The van der Waals surface area contributed by atoms with Crippen molar-refractivity contribution in [1.29, 1.82) is 0 Å². The zero-order chi connectivity index (χ0) is 13.5. The monoisotopic (exact) mass is 262 g/mol.